The van der Waals surface area contributed by atoms with Crippen LogP contribution in [-0.2, 0) is 0 Å². The Morgan fingerprint density at radius 2 is 1.79 bits per heavy atom. The van der Waals surface area contributed by atoms with Crippen LogP contribution >= 0.6 is 0 Å². The molecule has 2 aromatic rings. The Morgan fingerprint density at radius 3 is 2.47 bits per heavy atom. The first kappa shape index (κ1) is 11.7. The number of hydrogen-bond donors (Lipinski definition) is 1. The van der Waals surface area contributed by atoms with E-state index < -0.39 is 0 Å². The van der Waals surface area contributed by atoms with E-state index in [1.54, 1.807) is 6.20 Å². The molecule has 0 aliphatic carbocycles. The van der Waals surface area contributed by atoms with Crippen molar-refractivity contribution in [3.8, 4) is 0 Å². The molecule has 19 heavy (non-hydrogen) atoms. The van der Waals surface area contributed by atoms with Gasteiger partial charge in [-0.2, -0.15) is 0 Å². The fourth-order valence-electron chi connectivity index (χ4n) is 2.18. The first-order valence-corrected chi connectivity index (χ1v) is 6.32. The van der Waals surface area contributed by atoms with Gasteiger partial charge in [0.2, 0.25) is 0 Å². The number of pyridine rings is 2. The molecular formula is C16H15N3. The molecule has 2 aromatic heterocycles. The molecule has 3 heteroatoms. The van der Waals surface area contributed by atoms with Crippen molar-refractivity contribution >= 4 is 5.70 Å². The van der Waals surface area contributed by atoms with Crippen molar-refractivity contribution in [3.63, 3.8) is 0 Å². The van der Waals surface area contributed by atoms with E-state index in [1.165, 1.54) is 5.57 Å². The average molecular weight is 249 g/mol. The van der Waals surface area contributed by atoms with Crippen LogP contribution in [0.5, 0.6) is 0 Å². The van der Waals surface area contributed by atoms with Crippen molar-refractivity contribution in [2.45, 2.75) is 13.0 Å². The molecular weight excluding hydrogens is 234 g/mol. The number of dihydropyridines is 1. The van der Waals surface area contributed by atoms with Crippen LogP contribution in [0.1, 0.15) is 24.4 Å². The number of aromatic nitrogens is 2. The molecule has 3 heterocycles. The van der Waals surface area contributed by atoms with Crippen LogP contribution in [0.4, 0.5) is 0 Å². The van der Waals surface area contributed by atoms with E-state index in [0.29, 0.717) is 0 Å². The molecule has 1 aliphatic heterocycles. The second-order valence-corrected chi connectivity index (χ2v) is 4.56. The molecule has 0 saturated heterocycles. The van der Waals surface area contributed by atoms with E-state index in [9.17, 15) is 0 Å². The predicted octanol–water partition coefficient (Wildman–Crippen LogP) is 3.11. The number of hydrogen-bond acceptors (Lipinski definition) is 3. The van der Waals surface area contributed by atoms with Gasteiger partial charge in [-0.3, -0.25) is 9.97 Å². The summed E-state index contributed by atoms with van der Waals surface area (Å²) in [6, 6.07) is 12.0. The molecule has 1 atom stereocenters. The molecule has 0 fully saturated rings. The fourth-order valence-corrected chi connectivity index (χ4v) is 2.18. The molecule has 3 nitrogen and oxygen atoms in total. The van der Waals surface area contributed by atoms with Crippen molar-refractivity contribution in [2.75, 3.05) is 0 Å². The van der Waals surface area contributed by atoms with Crippen molar-refractivity contribution in [1.82, 2.24) is 15.3 Å². The smallest absolute Gasteiger partial charge is 0.0876 e. The molecule has 1 N–H and O–H groups in total. The second kappa shape index (κ2) is 5.06. The Hall–Kier alpha value is -2.42. The van der Waals surface area contributed by atoms with E-state index in [2.05, 4.69) is 34.4 Å². The summed E-state index contributed by atoms with van der Waals surface area (Å²) in [6.07, 6.45) is 7.91. The third kappa shape index (κ3) is 2.55. The highest BCUT2D eigenvalue weighted by Crippen LogP contribution is 2.24. The summed E-state index contributed by atoms with van der Waals surface area (Å²) in [6.45, 7) is 2.10. The Kier molecular flexibility index (Phi) is 3.11. The first-order chi connectivity index (χ1) is 9.33. The van der Waals surface area contributed by atoms with Gasteiger partial charge in [0.05, 0.1) is 23.1 Å². The van der Waals surface area contributed by atoms with Crippen LogP contribution in [0.2, 0.25) is 0 Å². The first-order valence-electron chi connectivity index (χ1n) is 6.32. The Labute approximate surface area is 112 Å². The largest absolute Gasteiger partial charge is 0.371 e. The third-order valence-electron chi connectivity index (χ3n) is 3.06. The molecule has 0 saturated carbocycles. The van der Waals surface area contributed by atoms with Crippen LogP contribution in [0.3, 0.4) is 0 Å². The van der Waals surface area contributed by atoms with Crippen molar-refractivity contribution in [1.29, 1.82) is 0 Å². The van der Waals surface area contributed by atoms with E-state index in [0.717, 1.165) is 17.1 Å². The number of rotatable bonds is 2. The molecule has 0 spiro atoms. The lowest BCUT2D eigenvalue weighted by atomic mass is 10.0. The SMILES string of the molecule is CC1=CC(c2ccccn2)NC(c2ccccn2)=C1. The van der Waals surface area contributed by atoms with Crippen LogP contribution in [0.15, 0.2) is 66.5 Å². The van der Waals surface area contributed by atoms with Gasteiger partial charge in [-0.15, -0.1) is 0 Å². The number of allylic oxidation sites excluding steroid dienone is 2. The maximum Gasteiger partial charge on any atom is 0.0876 e. The van der Waals surface area contributed by atoms with Gasteiger partial charge < -0.3 is 5.32 Å². The Morgan fingerprint density at radius 1 is 1.00 bits per heavy atom. The van der Waals surface area contributed by atoms with Gasteiger partial charge in [0.1, 0.15) is 0 Å². The molecule has 0 amide bonds. The molecule has 0 bridgehead atoms. The topological polar surface area (TPSA) is 37.8 Å². The minimum atomic E-state index is 0.100. The lowest BCUT2D eigenvalue weighted by Crippen LogP contribution is -2.22. The average Bonchev–Trinajstić information content (AvgIpc) is 2.48. The summed E-state index contributed by atoms with van der Waals surface area (Å²) >= 11 is 0. The zero-order chi connectivity index (χ0) is 13.1. The van der Waals surface area contributed by atoms with Crippen LogP contribution < -0.4 is 5.32 Å². The van der Waals surface area contributed by atoms with Crippen LogP contribution in [0, 0.1) is 0 Å². The van der Waals surface area contributed by atoms with Crippen molar-refractivity contribution in [3.05, 3.63) is 77.9 Å². The molecule has 3 rings (SSSR count). The number of nitrogens with one attached hydrogen (secondary N) is 1. The Bertz CT molecular complexity index is 615. The van der Waals surface area contributed by atoms with Gasteiger partial charge in [0.25, 0.3) is 0 Å². The van der Waals surface area contributed by atoms with Crippen molar-refractivity contribution < 1.29 is 0 Å². The van der Waals surface area contributed by atoms with Gasteiger partial charge in [-0.05, 0) is 37.3 Å². The maximum atomic E-state index is 4.41. The normalized spacial score (nSPS) is 18.3. The molecule has 94 valence electrons. The summed E-state index contributed by atoms with van der Waals surface area (Å²) < 4.78 is 0. The van der Waals surface area contributed by atoms with Gasteiger partial charge in [0.15, 0.2) is 0 Å². The molecule has 0 radical (unpaired) electrons. The highest BCUT2D eigenvalue weighted by Gasteiger charge is 2.16. The third-order valence-corrected chi connectivity index (χ3v) is 3.06. The fraction of sp³-hybridized carbons (Fsp3) is 0.125. The Balaban J connectivity index is 1.92. The monoisotopic (exact) mass is 249 g/mol. The van der Waals surface area contributed by atoms with Crippen LogP contribution in [-0.4, -0.2) is 9.97 Å². The van der Waals surface area contributed by atoms with Crippen LogP contribution in [0.25, 0.3) is 5.70 Å². The zero-order valence-corrected chi connectivity index (χ0v) is 10.7. The van der Waals surface area contributed by atoms with Gasteiger partial charge >= 0.3 is 0 Å². The summed E-state index contributed by atoms with van der Waals surface area (Å²) in [5.41, 5.74) is 4.23. The van der Waals surface area contributed by atoms with E-state index in [-0.39, 0.29) is 6.04 Å². The van der Waals surface area contributed by atoms with Gasteiger partial charge in [-0.25, -0.2) is 0 Å². The van der Waals surface area contributed by atoms with E-state index in [1.807, 2.05) is 42.6 Å². The maximum absolute atomic E-state index is 4.41. The van der Waals surface area contributed by atoms with Gasteiger partial charge in [-0.1, -0.05) is 23.8 Å². The molecule has 0 aromatic carbocycles. The summed E-state index contributed by atoms with van der Waals surface area (Å²) in [5, 5.41) is 3.48. The molecule has 1 unspecified atom stereocenters. The highest BCUT2D eigenvalue weighted by atomic mass is 15.0. The summed E-state index contributed by atoms with van der Waals surface area (Å²) in [4.78, 5) is 8.80. The lowest BCUT2D eigenvalue weighted by molar-refractivity contribution is 0.727. The standard InChI is InChI=1S/C16H15N3/c1-12-10-15(13-6-2-4-8-17-13)19-16(11-12)14-7-3-5-9-18-14/h2-11,15,19H,1H3. The lowest BCUT2D eigenvalue weighted by Gasteiger charge is -2.23. The summed E-state index contributed by atoms with van der Waals surface area (Å²) in [7, 11) is 0. The quantitative estimate of drug-likeness (QED) is 0.888. The van der Waals surface area contributed by atoms with Gasteiger partial charge in [0, 0.05) is 12.4 Å². The van der Waals surface area contributed by atoms with E-state index >= 15 is 0 Å². The van der Waals surface area contributed by atoms with E-state index in [4.69, 9.17) is 0 Å². The minimum Gasteiger partial charge on any atom is -0.371 e. The highest BCUT2D eigenvalue weighted by molar-refractivity contribution is 5.66. The van der Waals surface area contributed by atoms with Crippen molar-refractivity contribution in [2.24, 2.45) is 0 Å². The zero-order valence-electron chi connectivity index (χ0n) is 10.7. The number of nitrogens with zero attached hydrogens (tertiary/aromatic N) is 2. The second-order valence-electron chi connectivity index (χ2n) is 4.56. The predicted molar refractivity (Wildman–Crippen MR) is 76.1 cm³/mol. The summed E-state index contributed by atoms with van der Waals surface area (Å²) in [5.74, 6) is 0. The minimum absolute atomic E-state index is 0.100. The molecule has 1 aliphatic rings.